The van der Waals surface area contributed by atoms with Crippen LogP contribution in [0, 0.1) is 13.8 Å². The molecule has 1 aromatic heterocycles. The van der Waals surface area contributed by atoms with Gasteiger partial charge in [0.05, 0.1) is 6.54 Å². The first-order valence-electron chi connectivity index (χ1n) is 9.28. The number of aromatic nitrogens is 1. The Labute approximate surface area is 158 Å². The molecule has 2 heterocycles. The number of aryl methyl sites for hydroxylation is 2. The van der Waals surface area contributed by atoms with E-state index < -0.39 is 0 Å². The molecule has 0 saturated carbocycles. The van der Waals surface area contributed by atoms with Crippen molar-refractivity contribution >= 4 is 22.8 Å². The highest BCUT2D eigenvalue weighted by Gasteiger charge is 2.22. The van der Waals surface area contributed by atoms with E-state index in [1.54, 1.807) is 0 Å². The number of nitrogens with zero attached hydrogens (tertiary/aromatic N) is 3. The molecule has 6 nitrogen and oxygen atoms in total. The van der Waals surface area contributed by atoms with Gasteiger partial charge in [0.1, 0.15) is 5.52 Å². The van der Waals surface area contributed by atoms with E-state index in [4.69, 9.17) is 4.42 Å². The molecule has 1 fully saturated rings. The summed E-state index contributed by atoms with van der Waals surface area (Å²) < 4.78 is 5.87. The van der Waals surface area contributed by atoms with Gasteiger partial charge in [0, 0.05) is 31.9 Å². The third-order valence-electron chi connectivity index (χ3n) is 4.91. The SMILES string of the molecule is Cc1ccc(NC(=O)N2CCN(Cc3nc4ccc(C)cc4o3)CC2)cc1. The fraction of sp³-hybridized carbons (Fsp3) is 0.333. The van der Waals surface area contributed by atoms with Gasteiger partial charge in [0.15, 0.2) is 5.58 Å². The van der Waals surface area contributed by atoms with Crippen molar-refractivity contribution in [2.45, 2.75) is 20.4 Å². The molecule has 0 bridgehead atoms. The highest BCUT2D eigenvalue weighted by molar-refractivity contribution is 5.89. The molecule has 0 aliphatic carbocycles. The molecule has 1 aliphatic heterocycles. The minimum atomic E-state index is -0.0455. The number of oxazole rings is 1. The number of anilines is 1. The number of fused-ring (bicyclic) bond motifs is 1. The van der Waals surface area contributed by atoms with E-state index in [2.05, 4.69) is 15.2 Å². The fourth-order valence-electron chi connectivity index (χ4n) is 3.29. The predicted octanol–water partition coefficient (Wildman–Crippen LogP) is 3.79. The Morgan fingerprint density at radius 1 is 1.04 bits per heavy atom. The van der Waals surface area contributed by atoms with Crippen molar-refractivity contribution in [1.29, 1.82) is 0 Å². The Morgan fingerprint density at radius 3 is 2.48 bits per heavy atom. The number of amides is 2. The van der Waals surface area contributed by atoms with Crippen LogP contribution in [0.4, 0.5) is 10.5 Å². The second-order valence-corrected chi connectivity index (χ2v) is 7.14. The van der Waals surface area contributed by atoms with Gasteiger partial charge in [-0.25, -0.2) is 9.78 Å². The maximum atomic E-state index is 12.4. The van der Waals surface area contributed by atoms with Crippen molar-refractivity contribution in [2.24, 2.45) is 0 Å². The molecule has 2 amide bonds. The van der Waals surface area contributed by atoms with E-state index in [0.717, 1.165) is 35.8 Å². The summed E-state index contributed by atoms with van der Waals surface area (Å²) in [4.78, 5) is 21.1. The molecule has 3 aromatic rings. The minimum absolute atomic E-state index is 0.0455. The van der Waals surface area contributed by atoms with E-state index in [9.17, 15) is 4.79 Å². The van der Waals surface area contributed by atoms with Crippen LogP contribution in [0.2, 0.25) is 0 Å². The van der Waals surface area contributed by atoms with Gasteiger partial charge in [-0.15, -0.1) is 0 Å². The van der Waals surface area contributed by atoms with Gasteiger partial charge >= 0.3 is 6.03 Å². The lowest BCUT2D eigenvalue weighted by molar-refractivity contribution is 0.136. The zero-order valence-electron chi connectivity index (χ0n) is 15.7. The van der Waals surface area contributed by atoms with E-state index in [1.807, 2.05) is 61.2 Å². The van der Waals surface area contributed by atoms with E-state index in [1.165, 1.54) is 11.1 Å². The third-order valence-corrected chi connectivity index (χ3v) is 4.91. The Morgan fingerprint density at radius 2 is 1.74 bits per heavy atom. The van der Waals surface area contributed by atoms with Crippen molar-refractivity contribution in [2.75, 3.05) is 31.5 Å². The monoisotopic (exact) mass is 364 g/mol. The number of urea groups is 1. The molecule has 140 valence electrons. The van der Waals surface area contributed by atoms with Crippen LogP contribution in [0.25, 0.3) is 11.1 Å². The van der Waals surface area contributed by atoms with E-state index in [-0.39, 0.29) is 6.03 Å². The maximum Gasteiger partial charge on any atom is 0.321 e. The van der Waals surface area contributed by atoms with Crippen molar-refractivity contribution in [3.63, 3.8) is 0 Å². The summed E-state index contributed by atoms with van der Waals surface area (Å²) >= 11 is 0. The topological polar surface area (TPSA) is 61.6 Å². The first-order chi connectivity index (χ1) is 13.1. The summed E-state index contributed by atoms with van der Waals surface area (Å²) in [5, 5.41) is 2.96. The maximum absolute atomic E-state index is 12.4. The third kappa shape index (κ3) is 4.11. The highest BCUT2D eigenvalue weighted by Crippen LogP contribution is 2.19. The van der Waals surface area contributed by atoms with Crippen LogP contribution in [0.1, 0.15) is 17.0 Å². The number of carbonyl (C=O) groups excluding carboxylic acids is 1. The van der Waals surface area contributed by atoms with Crippen LogP contribution in [-0.2, 0) is 6.54 Å². The van der Waals surface area contributed by atoms with Crippen LogP contribution >= 0.6 is 0 Å². The number of carbonyl (C=O) groups is 1. The molecule has 0 spiro atoms. The van der Waals surface area contributed by atoms with Gasteiger partial charge in [0.25, 0.3) is 0 Å². The molecular weight excluding hydrogens is 340 g/mol. The molecule has 4 rings (SSSR count). The molecular formula is C21H24N4O2. The zero-order chi connectivity index (χ0) is 18.8. The lowest BCUT2D eigenvalue weighted by atomic mass is 10.2. The van der Waals surface area contributed by atoms with E-state index in [0.29, 0.717) is 19.6 Å². The summed E-state index contributed by atoms with van der Waals surface area (Å²) in [5.41, 5.74) is 4.90. The van der Waals surface area contributed by atoms with Crippen LogP contribution in [0.15, 0.2) is 46.9 Å². The van der Waals surface area contributed by atoms with Crippen LogP contribution in [0.5, 0.6) is 0 Å². The molecule has 0 atom stereocenters. The summed E-state index contributed by atoms with van der Waals surface area (Å²) in [6.07, 6.45) is 0. The van der Waals surface area contributed by atoms with Gasteiger partial charge in [-0.3, -0.25) is 4.90 Å². The molecule has 1 aliphatic rings. The summed E-state index contributed by atoms with van der Waals surface area (Å²) in [7, 11) is 0. The van der Waals surface area contributed by atoms with Crippen molar-refractivity contribution in [1.82, 2.24) is 14.8 Å². The van der Waals surface area contributed by atoms with E-state index >= 15 is 0 Å². The Bertz CT molecular complexity index is 940. The predicted molar refractivity (Wildman–Crippen MR) is 106 cm³/mol. The smallest absolute Gasteiger partial charge is 0.321 e. The first kappa shape index (κ1) is 17.5. The highest BCUT2D eigenvalue weighted by atomic mass is 16.3. The number of benzene rings is 2. The second kappa shape index (κ2) is 7.40. The minimum Gasteiger partial charge on any atom is -0.439 e. The molecule has 27 heavy (non-hydrogen) atoms. The normalized spacial score (nSPS) is 15.3. The molecule has 0 radical (unpaired) electrons. The van der Waals surface area contributed by atoms with Gasteiger partial charge in [-0.05, 0) is 43.7 Å². The van der Waals surface area contributed by atoms with Gasteiger partial charge in [0.2, 0.25) is 5.89 Å². The van der Waals surface area contributed by atoms with Crippen molar-refractivity contribution < 1.29 is 9.21 Å². The molecule has 0 unspecified atom stereocenters. The molecule has 1 saturated heterocycles. The standard InChI is InChI=1S/C21H24N4O2/c1-15-3-6-17(7-4-15)22-21(26)25-11-9-24(10-12-25)14-20-23-18-8-5-16(2)13-19(18)27-20/h3-8,13H,9-12,14H2,1-2H3,(H,22,26). The Balaban J connectivity index is 1.31. The molecule has 1 N–H and O–H groups in total. The lowest BCUT2D eigenvalue weighted by Crippen LogP contribution is -2.49. The summed E-state index contributed by atoms with van der Waals surface area (Å²) in [6, 6.07) is 13.8. The number of hydrogen-bond donors (Lipinski definition) is 1. The molecule has 2 aromatic carbocycles. The fourth-order valence-corrected chi connectivity index (χ4v) is 3.29. The average Bonchev–Trinajstić information content (AvgIpc) is 3.05. The summed E-state index contributed by atoms with van der Waals surface area (Å²) in [6.45, 7) is 7.73. The van der Waals surface area contributed by atoms with Crippen LogP contribution < -0.4 is 5.32 Å². The largest absolute Gasteiger partial charge is 0.439 e. The number of piperazine rings is 1. The van der Waals surface area contributed by atoms with Crippen molar-refractivity contribution in [3.05, 3.63) is 59.5 Å². The Hall–Kier alpha value is -2.86. The van der Waals surface area contributed by atoms with Gasteiger partial charge in [-0.1, -0.05) is 23.8 Å². The average molecular weight is 364 g/mol. The van der Waals surface area contributed by atoms with Crippen LogP contribution in [0.3, 0.4) is 0 Å². The Kier molecular flexibility index (Phi) is 4.81. The van der Waals surface area contributed by atoms with Crippen LogP contribution in [-0.4, -0.2) is 47.0 Å². The van der Waals surface area contributed by atoms with Gasteiger partial charge in [-0.2, -0.15) is 0 Å². The van der Waals surface area contributed by atoms with Crippen molar-refractivity contribution in [3.8, 4) is 0 Å². The number of rotatable bonds is 3. The summed E-state index contributed by atoms with van der Waals surface area (Å²) in [5.74, 6) is 0.730. The number of nitrogens with one attached hydrogen (secondary N) is 1. The number of hydrogen-bond acceptors (Lipinski definition) is 4. The van der Waals surface area contributed by atoms with Gasteiger partial charge < -0.3 is 14.6 Å². The lowest BCUT2D eigenvalue weighted by Gasteiger charge is -2.34. The first-order valence-corrected chi connectivity index (χ1v) is 9.28. The quantitative estimate of drug-likeness (QED) is 0.768. The molecule has 6 heteroatoms. The zero-order valence-corrected chi connectivity index (χ0v) is 15.7. The second-order valence-electron chi connectivity index (χ2n) is 7.14.